The zero-order valence-electron chi connectivity index (χ0n) is 16.9. The average molecular weight is 460 g/mol. The molecule has 0 N–H and O–H groups in total. The number of halogens is 1. The van der Waals surface area contributed by atoms with Gasteiger partial charge in [-0.05, 0) is 0 Å². The van der Waals surface area contributed by atoms with Crippen LogP contribution in [0.1, 0.15) is 70.8 Å². The van der Waals surface area contributed by atoms with Crippen molar-refractivity contribution in [3.05, 3.63) is 77.9 Å². The second-order valence-electron chi connectivity index (χ2n) is 7.57. The Bertz CT molecular complexity index is 667. The van der Waals surface area contributed by atoms with Gasteiger partial charge < -0.3 is 12.4 Å². The van der Waals surface area contributed by atoms with E-state index in [0.717, 1.165) is 0 Å². The molecule has 0 fully saturated rings. The largest absolute Gasteiger partial charge is 1.00 e. The molecule has 144 valence electrons. The first-order valence-corrected chi connectivity index (χ1v) is 14.7. The van der Waals surface area contributed by atoms with Crippen molar-refractivity contribution in [2.45, 2.75) is 69.3 Å². The van der Waals surface area contributed by atoms with Gasteiger partial charge in [-0.15, -0.1) is 0 Å². The van der Waals surface area contributed by atoms with Crippen LogP contribution in [0.15, 0.2) is 72.3 Å². The summed E-state index contributed by atoms with van der Waals surface area (Å²) in [6, 6.07) is 11.3. The number of hydrogen-bond acceptors (Lipinski definition) is 0. The van der Waals surface area contributed by atoms with E-state index in [4.69, 9.17) is 0 Å². The molecule has 0 radical (unpaired) electrons. The van der Waals surface area contributed by atoms with Crippen LogP contribution in [0.5, 0.6) is 0 Å². The zero-order valence-corrected chi connectivity index (χ0v) is 20.2. The van der Waals surface area contributed by atoms with E-state index in [1.807, 2.05) is 6.56 Å². The van der Waals surface area contributed by atoms with Gasteiger partial charge in [0, 0.05) is 0 Å². The maximum Gasteiger partial charge on any atom is -1.00 e. The fourth-order valence-corrected chi connectivity index (χ4v) is 12.4. The molecule has 0 heterocycles. The molecule has 0 aliphatic heterocycles. The molecule has 3 rings (SSSR count). The van der Waals surface area contributed by atoms with Gasteiger partial charge in [-0.2, -0.15) is 0 Å². The number of allylic oxidation sites excluding steroid dienone is 8. The summed E-state index contributed by atoms with van der Waals surface area (Å²) in [5.41, 5.74) is 4.99. The van der Waals surface area contributed by atoms with Gasteiger partial charge in [0.25, 0.3) is 0 Å². The molecule has 0 bridgehead atoms. The Morgan fingerprint density at radius 1 is 0.778 bits per heavy atom. The minimum atomic E-state index is -1.85. The van der Waals surface area contributed by atoms with Crippen molar-refractivity contribution in [3.8, 4) is 0 Å². The number of benzene rings is 1. The van der Waals surface area contributed by atoms with E-state index >= 15 is 0 Å². The van der Waals surface area contributed by atoms with E-state index in [1.165, 1.54) is 55.5 Å². The minimum absolute atomic E-state index is 0. The van der Waals surface area contributed by atoms with Gasteiger partial charge in [0.1, 0.15) is 0 Å². The van der Waals surface area contributed by atoms with Gasteiger partial charge in [0.15, 0.2) is 0 Å². The molecule has 1 aromatic carbocycles. The fraction of sp³-hybridized carbons (Fsp3) is 0.440. The zero-order chi connectivity index (χ0) is 18.2. The first-order valence-electron chi connectivity index (χ1n) is 10.5. The summed E-state index contributed by atoms with van der Waals surface area (Å²) in [4.78, 5) is 0. The molecule has 27 heavy (non-hydrogen) atoms. The van der Waals surface area contributed by atoms with Crippen LogP contribution in [0.3, 0.4) is 0 Å². The Morgan fingerprint density at radius 3 is 1.78 bits per heavy atom. The second-order valence-corrected chi connectivity index (χ2v) is 13.8. The van der Waals surface area contributed by atoms with Gasteiger partial charge in [-0.25, -0.2) is 0 Å². The predicted molar refractivity (Wildman–Crippen MR) is 111 cm³/mol. The number of hydrogen-bond donors (Lipinski definition) is 0. The Labute approximate surface area is 180 Å². The third-order valence-corrected chi connectivity index (χ3v) is 13.6. The van der Waals surface area contributed by atoms with Crippen LogP contribution in [-0.4, -0.2) is 0 Å². The first kappa shape index (κ1) is 22.6. The minimum Gasteiger partial charge on any atom is -1.00 e. The topological polar surface area (TPSA) is 0 Å². The average Bonchev–Trinajstić information content (AvgIpc) is 3.33. The van der Waals surface area contributed by atoms with Crippen molar-refractivity contribution < 1.29 is 34.2 Å². The molecule has 0 aromatic heterocycles. The van der Waals surface area contributed by atoms with E-state index < -0.39 is 21.8 Å². The monoisotopic (exact) mass is 458 g/mol. The summed E-state index contributed by atoms with van der Waals surface area (Å²) in [5, 5.41) is 0. The quantitative estimate of drug-likeness (QED) is 0.479. The van der Waals surface area contributed by atoms with Crippen LogP contribution in [-0.2, 0) is 25.9 Å². The Balaban J connectivity index is 0.00000261. The van der Waals surface area contributed by atoms with Gasteiger partial charge in [0.05, 0.1) is 0 Å². The summed E-state index contributed by atoms with van der Waals surface area (Å²) in [5.74, 6) is 0. The molecule has 0 spiro atoms. The van der Waals surface area contributed by atoms with E-state index in [-0.39, 0.29) is 12.4 Å². The van der Waals surface area contributed by atoms with Gasteiger partial charge >= 0.3 is 169 Å². The molecule has 0 unspecified atom stereocenters. The molecule has 1 aromatic rings. The van der Waals surface area contributed by atoms with E-state index in [0.29, 0.717) is 0 Å². The van der Waals surface area contributed by atoms with Crippen molar-refractivity contribution in [1.29, 1.82) is 0 Å². The standard InChI is InChI=1S/2C9H13.C7H7.ClH.Zr/c2*1-2-3-6-9-7-4-5-8-9;1-7-5-3-2-4-6-7;;/h2*4,7H,2-3,5-6H2,1H3;2-6H,1H2;1H;/q;;;;+1/p-1. The Morgan fingerprint density at radius 2 is 1.30 bits per heavy atom. The van der Waals surface area contributed by atoms with Crippen molar-refractivity contribution >= 4 is 0 Å². The smallest absolute Gasteiger partial charge is 1.00 e. The van der Waals surface area contributed by atoms with Crippen LogP contribution in [0.4, 0.5) is 0 Å². The summed E-state index contributed by atoms with van der Waals surface area (Å²) in [6.45, 7) is 4.63. The third kappa shape index (κ3) is 6.17. The number of unbranched alkanes of at least 4 members (excludes halogenated alkanes) is 2. The predicted octanol–water partition coefficient (Wildman–Crippen LogP) is 4.62. The van der Waals surface area contributed by atoms with Crippen LogP contribution < -0.4 is 12.4 Å². The molecule has 0 amide bonds. The summed E-state index contributed by atoms with van der Waals surface area (Å²) >= 11 is -1.85. The molecule has 2 aliphatic carbocycles. The van der Waals surface area contributed by atoms with E-state index in [2.05, 4.69) is 68.5 Å². The van der Waals surface area contributed by atoms with Crippen molar-refractivity contribution in [2.75, 3.05) is 0 Å². The SMILES string of the molecule is CCCCC1=[C]([Zr+]([CH2]c2ccccc2)[C]2=C(CCCC)C=CC2)CC=C1.[Cl-]. The molecule has 0 saturated heterocycles. The van der Waals surface area contributed by atoms with Crippen LogP contribution in [0.25, 0.3) is 0 Å². The van der Waals surface area contributed by atoms with Crippen LogP contribution in [0.2, 0.25) is 0 Å². The summed E-state index contributed by atoms with van der Waals surface area (Å²) in [6.07, 6.45) is 20.2. The van der Waals surface area contributed by atoms with E-state index in [9.17, 15) is 0 Å². The van der Waals surface area contributed by atoms with Gasteiger partial charge in [-0.3, -0.25) is 0 Å². The van der Waals surface area contributed by atoms with Crippen molar-refractivity contribution in [3.63, 3.8) is 0 Å². The Hall–Kier alpha value is -0.647. The second kappa shape index (κ2) is 12.0. The van der Waals surface area contributed by atoms with Gasteiger partial charge in [0.2, 0.25) is 0 Å². The molecule has 0 nitrogen and oxygen atoms in total. The van der Waals surface area contributed by atoms with Crippen LogP contribution in [0, 0.1) is 0 Å². The molecule has 0 atom stereocenters. The summed E-state index contributed by atoms with van der Waals surface area (Å²) in [7, 11) is 0. The normalized spacial score (nSPS) is 15.6. The maximum atomic E-state index is 2.46. The van der Waals surface area contributed by atoms with E-state index in [1.54, 1.807) is 16.7 Å². The number of rotatable bonds is 10. The molecule has 2 heteroatoms. The maximum absolute atomic E-state index is 2.46. The summed E-state index contributed by atoms with van der Waals surface area (Å²) < 4.78 is 5.15. The molecular weight excluding hydrogens is 427 g/mol. The molecule has 2 aliphatic rings. The first-order chi connectivity index (χ1) is 12.8. The molecular formula is C25H33ClZr. The third-order valence-electron chi connectivity index (χ3n) is 5.61. The van der Waals surface area contributed by atoms with Crippen molar-refractivity contribution in [2.24, 2.45) is 0 Å². The van der Waals surface area contributed by atoms with Gasteiger partial charge in [-0.1, -0.05) is 0 Å². The van der Waals surface area contributed by atoms with Crippen molar-refractivity contribution in [1.82, 2.24) is 0 Å². The van der Waals surface area contributed by atoms with Crippen LogP contribution >= 0.6 is 0 Å². The fourth-order valence-electron chi connectivity index (χ4n) is 4.13. The Kier molecular flexibility index (Phi) is 10.1. The molecule has 0 saturated carbocycles.